The summed E-state index contributed by atoms with van der Waals surface area (Å²) in [6, 6.07) is 9.47. The Morgan fingerprint density at radius 1 is 1.33 bits per heavy atom. The summed E-state index contributed by atoms with van der Waals surface area (Å²) in [5, 5.41) is 6.65. The molecule has 1 atom stereocenters. The summed E-state index contributed by atoms with van der Waals surface area (Å²) >= 11 is 7.73. The van der Waals surface area contributed by atoms with E-state index in [1.165, 1.54) is 0 Å². The first kappa shape index (κ1) is 15.4. The van der Waals surface area contributed by atoms with Gasteiger partial charge in [-0.3, -0.25) is 4.79 Å². The lowest BCUT2D eigenvalue weighted by atomic mass is 10.1. The molecule has 3 aromatic rings. The molecular weight excluding hydrogens is 346 g/mol. The maximum atomic E-state index is 12.5. The number of aromatic nitrogens is 2. The predicted molar refractivity (Wildman–Crippen MR) is 93.5 cm³/mol. The molecule has 0 saturated carbocycles. The molecule has 1 amide bonds. The highest BCUT2D eigenvalue weighted by atomic mass is 35.5. The van der Waals surface area contributed by atoms with Gasteiger partial charge in [0.2, 0.25) is 17.6 Å². The van der Waals surface area contributed by atoms with Gasteiger partial charge in [0.1, 0.15) is 0 Å². The Balaban J connectivity index is 1.59. The minimum atomic E-state index is -0.0999. The molecule has 0 spiro atoms. The van der Waals surface area contributed by atoms with Crippen LogP contribution in [-0.2, 0) is 4.79 Å². The molecule has 5 nitrogen and oxygen atoms in total. The van der Waals surface area contributed by atoms with Crippen LogP contribution < -0.4 is 4.90 Å². The number of hydrogen-bond acceptors (Lipinski definition) is 5. The maximum Gasteiger partial charge on any atom is 0.232 e. The van der Waals surface area contributed by atoms with Crippen LogP contribution in [0.25, 0.3) is 10.7 Å². The summed E-state index contributed by atoms with van der Waals surface area (Å²) in [7, 11) is 0. The third-order valence-corrected chi connectivity index (χ3v) is 5.46. The second kappa shape index (κ2) is 6.03. The summed E-state index contributed by atoms with van der Waals surface area (Å²) in [5.74, 6) is 1.03. The highest BCUT2D eigenvalue weighted by Crippen LogP contribution is 2.35. The van der Waals surface area contributed by atoms with Crippen LogP contribution >= 0.6 is 22.9 Å². The van der Waals surface area contributed by atoms with Gasteiger partial charge < -0.3 is 9.42 Å². The van der Waals surface area contributed by atoms with E-state index in [9.17, 15) is 4.79 Å². The van der Waals surface area contributed by atoms with E-state index in [2.05, 4.69) is 10.1 Å². The standard InChI is InChI=1S/C17H14ClN3O2S/c1-10-12(18)4-2-5-13(10)21-9-11(8-15(21)22)17-19-16(20-23-17)14-6-3-7-24-14/h2-7,11H,8-9H2,1H3. The lowest BCUT2D eigenvalue weighted by Gasteiger charge is -2.19. The smallest absolute Gasteiger partial charge is 0.232 e. The molecule has 1 saturated heterocycles. The van der Waals surface area contributed by atoms with Gasteiger partial charge in [-0.25, -0.2) is 0 Å². The summed E-state index contributed by atoms with van der Waals surface area (Å²) in [4.78, 5) is 19.6. The zero-order chi connectivity index (χ0) is 16.7. The van der Waals surface area contributed by atoms with Crippen molar-refractivity contribution in [3.8, 4) is 10.7 Å². The number of carbonyl (C=O) groups excluding carboxylic acids is 1. The van der Waals surface area contributed by atoms with Gasteiger partial charge in [0, 0.05) is 23.7 Å². The molecule has 1 unspecified atom stereocenters. The van der Waals surface area contributed by atoms with Crippen LogP contribution in [0.1, 0.15) is 23.8 Å². The summed E-state index contributed by atoms with van der Waals surface area (Å²) in [6.07, 6.45) is 0.359. The highest BCUT2D eigenvalue weighted by molar-refractivity contribution is 7.13. The fourth-order valence-corrected chi connectivity index (χ4v) is 3.72. The SMILES string of the molecule is Cc1c(Cl)cccc1N1CC(c2nc(-c3cccs3)no2)CC1=O. The monoisotopic (exact) mass is 359 g/mol. The Hall–Kier alpha value is -2.18. The molecule has 24 heavy (non-hydrogen) atoms. The Morgan fingerprint density at radius 3 is 3.00 bits per heavy atom. The van der Waals surface area contributed by atoms with Crippen LogP contribution in [-0.4, -0.2) is 22.6 Å². The normalized spacial score (nSPS) is 17.7. The topological polar surface area (TPSA) is 59.2 Å². The van der Waals surface area contributed by atoms with Crippen molar-refractivity contribution in [1.82, 2.24) is 10.1 Å². The van der Waals surface area contributed by atoms with Gasteiger partial charge in [-0.1, -0.05) is 28.9 Å². The van der Waals surface area contributed by atoms with E-state index in [4.69, 9.17) is 16.1 Å². The van der Waals surface area contributed by atoms with E-state index in [0.29, 0.717) is 29.7 Å². The number of benzene rings is 1. The van der Waals surface area contributed by atoms with Gasteiger partial charge in [-0.05, 0) is 36.1 Å². The molecule has 1 fully saturated rings. The molecule has 0 radical (unpaired) electrons. The molecule has 0 bridgehead atoms. The van der Waals surface area contributed by atoms with E-state index >= 15 is 0 Å². The van der Waals surface area contributed by atoms with Crippen LogP contribution in [0.5, 0.6) is 0 Å². The van der Waals surface area contributed by atoms with Gasteiger partial charge in [0.05, 0.1) is 10.8 Å². The second-order valence-electron chi connectivity index (χ2n) is 5.72. The van der Waals surface area contributed by atoms with Crippen molar-refractivity contribution in [2.75, 3.05) is 11.4 Å². The fourth-order valence-electron chi connectivity index (χ4n) is 2.90. The van der Waals surface area contributed by atoms with E-state index in [-0.39, 0.29) is 11.8 Å². The van der Waals surface area contributed by atoms with Crippen molar-refractivity contribution in [3.05, 3.63) is 52.2 Å². The molecular formula is C17H14ClN3O2S. The molecule has 122 valence electrons. The van der Waals surface area contributed by atoms with Crippen LogP contribution in [0, 0.1) is 6.92 Å². The van der Waals surface area contributed by atoms with Crippen LogP contribution in [0.15, 0.2) is 40.2 Å². The van der Waals surface area contributed by atoms with Gasteiger partial charge in [0.25, 0.3) is 0 Å². The molecule has 1 aliphatic rings. The minimum Gasteiger partial charge on any atom is -0.339 e. The highest BCUT2D eigenvalue weighted by Gasteiger charge is 2.36. The number of rotatable bonds is 3. The first-order valence-corrected chi connectivity index (χ1v) is 8.82. The van der Waals surface area contributed by atoms with Crippen molar-refractivity contribution in [2.24, 2.45) is 0 Å². The average molecular weight is 360 g/mol. The van der Waals surface area contributed by atoms with E-state index in [0.717, 1.165) is 16.1 Å². The molecule has 0 N–H and O–H groups in total. The number of halogens is 1. The Morgan fingerprint density at radius 2 is 2.21 bits per heavy atom. The first-order chi connectivity index (χ1) is 11.6. The fraction of sp³-hybridized carbons (Fsp3) is 0.235. The molecule has 1 aromatic carbocycles. The number of carbonyl (C=O) groups is 1. The van der Waals surface area contributed by atoms with Crippen LogP contribution in [0.3, 0.4) is 0 Å². The largest absolute Gasteiger partial charge is 0.339 e. The molecule has 1 aliphatic heterocycles. The molecule has 2 aromatic heterocycles. The molecule has 7 heteroatoms. The third kappa shape index (κ3) is 2.61. The number of amides is 1. The first-order valence-electron chi connectivity index (χ1n) is 7.56. The van der Waals surface area contributed by atoms with Gasteiger partial charge in [-0.15, -0.1) is 11.3 Å². The molecule has 3 heterocycles. The Labute approximate surface area is 147 Å². The Bertz CT molecular complexity index is 891. The summed E-state index contributed by atoms with van der Waals surface area (Å²) < 4.78 is 5.40. The second-order valence-corrected chi connectivity index (χ2v) is 7.08. The van der Waals surface area contributed by atoms with Gasteiger partial charge >= 0.3 is 0 Å². The van der Waals surface area contributed by atoms with Crippen molar-refractivity contribution in [3.63, 3.8) is 0 Å². The maximum absolute atomic E-state index is 12.5. The van der Waals surface area contributed by atoms with Crippen molar-refractivity contribution in [1.29, 1.82) is 0 Å². The zero-order valence-electron chi connectivity index (χ0n) is 12.9. The molecule has 0 aliphatic carbocycles. The van der Waals surface area contributed by atoms with Crippen LogP contribution in [0.2, 0.25) is 5.02 Å². The average Bonchev–Trinajstić information content (AvgIpc) is 3.29. The number of anilines is 1. The van der Waals surface area contributed by atoms with Crippen molar-refractivity contribution in [2.45, 2.75) is 19.3 Å². The number of nitrogens with zero attached hydrogens (tertiary/aromatic N) is 3. The molecule has 4 rings (SSSR count). The quantitative estimate of drug-likeness (QED) is 0.700. The van der Waals surface area contributed by atoms with E-state index in [1.807, 2.05) is 42.6 Å². The van der Waals surface area contributed by atoms with Gasteiger partial charge in [-0.2, -0.15) is 4.98 Å². The van der Waals surface area contributed by atoms with E-state index in [1.54, 1.807) is 16.2 Å². The lowest BCUT2D eigenvalue weighted by molar-refractivity contribution is -0.117. The zero-order valence-corrected chi connectivity index (χ0v) is 14.5. The van der Waals surface area contributed by atoms with Gasteiger partial charge in [0.15, 0.2) is 0 Å². The number of hydrogen-bond donors (Lipinski definition) is 0. The Kier molecular flexibility index (Phi) is 3.86. The lowest BCUT2D eigenvalue weighted by Crippen LogP contribution is -2.25. The minimum absolute atomic E-state index is 0.0428. The van der Waals surface area contributed by atoms with E-state index < -0.39 is 0 Å². The summed E-state index contributed by atoms with van der Waals surface area (Å²) in [5.41, 5.74) is 1.74. The van der Waals surface area contributed by atoms with Crippen molar-refractivity contribution >= 4 is 34.5 Å². The summed E-state index contributed by atoms with van der Waals surface area (Å²) in [6.45, 7) is 2.44. The third-order valence-electron chi connectivity index (χ3n) is 4.19. The number of thiophene rings is 1. The van der Waals surface area contributed by atoms with Crippen molar-refractivity contribution < 1.29 is 9.32 Å². The predicted octanol–water partition coefficient (Wildman–Crippen LogP) is 4.28. The van der Waals surface area contributed by atoms with Crippen LogP contribution in [0.4, 0.5) is 5.69 Å².